The molecule has 1 aromatic heterocycles. The lowest BCUT2D eigenvalue weighted by molar-refractivity contribution is 0.112. The van der Waals surface area contributed by atoms with Crippen LogP contribution in [0.3, 0.4) is 0 Å². The van der Waals surface area contributed by atoms with Gasteiger partial charge in [-0.25, -0.2) is 9.97 Å². The summed E-state index contributed by atoms with van der Waals surface area (Å²) in [7, 11) is 0. The molecule has 1 N–H and O–H groups in total. The van der Waals surface area contributed by atoms with Gasteiger partial charge in [-0.15, -0.1) is 0 Å². The summed E-state index contributed by atoms with van der Waals surface area (Å²) in [4.78, 5) is 18.8. The number of aldehydes is 1. The molecule has 0 unspecified atom stereocenters. The minimum atomic E-state index is 0.134. The molecule has 0 atom stereocenters. The molecule has 0 aliphatic carbocycles. The largest absolute Gasteiger partial charge is 0.339 e. The minimum absolute atomic E-state index is 0.134. The second-order valence-corrected chi connectivity index (χ2v) is 4.90. The molecule has 0 spiro atoms. The number of hydrogen-bond donors (Lipinski definition) is 1. The molecule has 0 saturated heterocycles. The number of halogens is 2. The van der Waals surface area contributed by atoms with E-state index in [9.17, 15) is 4.79 Å². The zero-order chi connectivity index (χ0) is 13.1. The summed E-state index contributed by atoms with van der Waals surface area (Å²) in [6.07, 6.45) is 1.95. The van der Waals surface area contributed by atoms with Crippen molar-refractivity contribution >= 4 is 45.3 Å². The number of aryl methyl sites for hydroxylation is 1. The number of rotatable bonds is 3. The van der Waals surface area contributed by atoms with Crippen molar-refractivity contribution in [2.24, 2.45) is 0 Å². The average molecular weight is 327 g/mol. The Morgan fingerprint density at radius 2 is 2.17 bits per heavy atom. The Balaban J connectivity index is 2.43. The number of carbonyl (C=O) groups is 1. The lowest BCUT2D eigenvalue weighted by Crippen LogP contribution is -2.01. The third-order valence-electron chi connectivity index (χ3n) is 2.41. The van der Waals surface area contributed by atoms with Crippen molar-refractivity contribution in [3.8, 4) is 0 Å². The molecule has 0 aliphatic heterocycles. The maximum atomic E-state index is 11.0. The molecular weight excluding hydrogens is 318 g/mol. The highest BCUT2D eigenvalue weighted by atomic mass is 79.9. The highest BCUT2D eigenvalue weighted by molar-refractivity contribution is 9.10. The van der Waals surface area contributed by atoms with E-state index in [1.54, 1.807) is 0 Å². The van der Waals surface area contributed by atoms with Crippen molar-refractivity contribution in [1.29, 1.82) is 0 Å². The maximum absolute atomic E-state index is 11.0. The second-order valence-electron chi connectivity index (χ2n) is 3.63. The van der Waals surface area contributed by atoms with Crippen LogP contribution < -0.4 is 5.32 Å². The second kappa shape index (κ2) is 5.46. The van der Waals surface area contributed by atoms with E-state index in [0.29, 0.717) is 12.1 Å². The summed E-state index contributed by atoms with van der Waals surface area (Å²) in [6.45, 7) is 1.96. The molecule has 0 radical (unpaired) electrons. The first-order chi connectivity index (χ1) is 8.61. The van der Waals surface area contributed by atoms with Crippen molar-refractivity contribution in [2.45, 2.75) is 6.92 Å². The highest BCUT2D eigenvalue weighted by Gasteiger charge is 2.10. The van der Waals surface area contributed by atoms with Gasteiger partial charge in [-0.2, -0.15) is 0 Å². The van der Waals surface area contributed by atoms with Gasteiger partial charge in [0.05, 0.1) is 5.56 Å². The van der Waals surface area contributed by atoms with Gasteiger partial charge in [-0.3, -0.25) is 4.79 Å². The smallest absolute Gasteiger partial charge is 0.156 e. The lowest BCUT2D eigenvalue weighted by Gasteiger charge is -2.11. The average Bonchev–Trinajstić information content (AvgIpc) is 2.34. The normalized spacial score (nSPS) is 10.2. The van der Waals surface area contributed by atoms with Crippen molar-refractivity contribution in [3.05, 3.63) is 45.3 Å². The molecule has 0 aliphatic rings. The summed E-state index contributed by atoms with van der Waals surface area (Å²) >= 11 is 9.23. The standard InChI is InChI=1S/C12H9BrClN3O/c1-7-2-3-8(13)4-10(7)17-12-9(5-18)11(14)15-6-16-12/h2-6H,1H3,(H,15,16,17). The van der Waals surface area contributed by atoms with Crippen LogP contribution in [-0.4, -0.2) is 16.3 Å². The summed E-state index contributed by atoms with van der Waals surface area (Å²) in [6, 6.07) is 5.80. The molecule has 2 rings (SSSR count). The fourth-order valence-electron chi connectivity index (χ4n) is 1.43. The Kier molecular flexibility index (Phi) is 3.93. The highest BCUT2D eigenvalue weighted by Crippen LogP contribution is 2.26. The van der Waals surface area contributed by atoms with E-state index < -0.39 is 0 Å². The third kappa shape index (κ3) is 2.68. The quantitative estimate of drug-likeness (QED) is 0.689. The van der Waals surface area contributed by atoms with E-state index in [1.807, 2.05) is 25.1 Å². The van der Waals surface area contributed by atoms with Crippen LogP contribution in [0.2, 0.25) is 5.15 Å². The van der Waals surface area contributed by atoms with Gasteiger partial charge in [0.1, 0.15) is 17.3 Å². The van der Waals surface area contributed by atoms with Crippen LogP contribution in [0.5, 0.6) is 0 Å². The molecule has 0 bridgehead atoms. The number of benzene rings is 1. The lowest BCUT2D eigenvalue weighted by atomic mass is 10.2. The number of aromatic nitrogens is 2. The topological polar surface area (TPSA) is 54.9 Å². The fraction of sp³-hybridized carbons (Fsp3) is 0.0833. The van der Waals surface area contributed by atoms with Crippen LogP contribution in [0.25, 0.3) is 0 Å². The Bertz CT molecular complexity index is 604. The van der Waals surface area contributed by atoms with Gasteiger partial charge in [0, 0.05) is 10.2 Å². The van der Waals surface area contributed by atoms with Gasteiger partial charge in [-0.05, 0) is 24.6 Å². The first kappa shape index (κ1) is 13.0. The minimum Gasteiger partial charge on any atom is -0.339 e. The first-order valence-corrected chi connectivity index (χ1v) is 6.27. The molecule has 4 nitrogen and oxygen atoms in total. The fourth-order valence-corrected chi connectivity index (χ4v) is 1.97. The van der Waals surface area contributed by atoms with Crippen LogP contribution in [0.4, 0.5) is 11.5 Å². The molecule has 1 heterocycles. The predicted octanol–water partition coefficient (Wildman–Crippen LogP) is 3.76. The van der Waals surface area contributed by atoms with Crippen molar-refractivity contribution < 1.29 is 4.79 Å². The summed E-state index contributed by atoms with van der Waals surface area (Å²) < 4.78 is 0.934. The Hall–Kier alpha value is -1.46. The first-order valence-electron chi connectivity index (χ1n) is 5.10. The number of hydrogen-bond acceptors (Lipinski definition) is 4. The molecular formula is C12H9BrClN3O. The van der Waals surface area contributed by atoms with Gasteiger partial charge < -0.3 is 5.32 Å². The van der Waals surface area contributed by atoms with Crippen LogP contribution >= 0.6 is 27.5 Å². The van der Waals surface area contributed by atoms with Crippen molar-refractivity contribution in [1.82, 2.24) is 9.97 Å². The van der Waals surface area contributed by atoms with E-state index in [2.05, 4.69) is 31.2 Å². The summed E-state index contributed by atoms with van der Waals surface area (Å²) in [5.74, 6) is 0.395. The Morgan fingerprint density at radius 1 is 1.39 bits per heavy atom. The monoisotopic (exact) mass is 325 g/mol. The van der Waals surface area contributed by atoms with Crippen LogP contribution in [-0.2, 0) is 0 Å². The van der Waals surface area contributed by atoms with Gasteiger partial charge >= 0.3 is 0 Å². The number of nitrogens with zero attached hydrogens (tertiary/aromatic N) is 2. The zero-order valence-corrected chi connectivity index (χ0v) is 11.8. The van der Waals surface area contributed by atoms with Crippen molar-refractivity contribution in [3.63, 3.8) is 0 Å². The van der Waals surface area contributed by atoms with Gasteiger partial charge in [0.2, 0.25) is 0 Å². The Labute approximate surface area is 118 Å². The predicted molar refractivity (Wildman–Crippen MR) is 74.6 cm³/mol. The van der Waals surface area contributed by atoms with Gasteiger partial charge in [-0.1, -0.05) is 33.6 Å². The zero-order valence-electron chi connectivity index (χ0n) is 9.45. The maximum Gasteiger partial charge on any atom is 0.156 e. The molecule has 0 fully saturated rings. The molecule has 18 heavy (non-hydrogen) atoms. The molecule has 6 heteroatoms. The third-order valence-corrected chi connectivity index (χ3v) is 3.20. The van der Waals surface area contributed by atoms with Gasteiger partial charge in [0.25, 0.3) is 0 Å². The summed E-state index contributed by atoms with van der Waals surface area (Å²) in [5.41, 5.74) is 2.13. The number of carbonyl (C=O) groups excluding carboxylic acids is 1. The molecule has 0 saturated carbocycles. The number of nitrogens with one attached hydrogen (secondary N) is 1. The van der Waals surface area contributed by atoms with Gasteiger partial charge in [0.15, 0.2) is 6.29 Å². The number of anilines is 2. The van der Waals surface area contributed by atoms with E-state index >= 15 is 0 Å². The Morgan fingerprint density at radius 3 is 2.89 bits per heavy atom. The molecule has 0 amide bonds. The van der Waals surface area contributed by atoms with Crippen LogP contribution in [0.15, 0.2) is 29.0 Å². The van der Waals surface area contributed by atoms with E-state index in [0.717, 1.165) is 15.7 Å². The van der Waals surface area contributed by atoms with Crippen molar-refractivity contribution in [2.75, 3.05) is 5.32 Å². The summed E-state index contributed by atoms with van der Waals surface area (Å²) in [5, 5.41) is 3.21. The van der Waals surface area contributed by atoms with E-state index in [-0.39, 0.29) is 10.7 Å². The van der Waals surface area contributed by atoms with E-state index in [1.165, 1.54) is 6.33 Å². The SMILES string of the molecule is Cc1ccc(Br)cc1Nc1ncnc(Cl)c1C=O. The molecule has 1 aromatic carbocycles. The van der Waals surface area contributed by atoms with Crippen LogP contribution in [0.1, 0.15) is 15.9 Å². The van der Waals surface area contributed by atoms with Crippen LogP contribution in [0, 0.1) is 6.92 Å². The molecule has 2 aromatic rings. The van der Waals surface area contributed by atoms with E-state index in [4.69, 9.17) is 11.6 Å². The molecule has 92 valence electrons.